The predicted octanol–water partition coefficient (Wildman–Crippen LogP) is 3.17. The van der Waals surface area contributed by atoms with Crippen molar-refractivity contribution in [2.45, 2.75) is 46.0 Å². The van der Waals surface area contributed by atoms with Crippen LogP contribution < -0.4 is 5.32 Å². The van der Waals surface area contributed by atoms with Gasteiger partial charge in [-0.1, -0.05) is 26.0 Å². The average Bonchev–Trinajstić information content (AvgIpc) is 2.37. The Hall–Kier alpha value is -0.990. The van der Waals surface area contributed by atoms with Gasteiger partial charge in [0.1, 0.15) is 0 Å². The van der Waals surface area contributed by atoms with Crippen molar-refractivity contribution < 1.29 is 4.79 Å². The lowest BCUT2D eigenvalue weighted by atomic mass is 9.94. The second kappa shape index (κ2) is 8.15. The molecule has 0 fully saturated rings. The van der Waals surface area contributed by atoms with Crippen LogP contribution in [0.3, 0.4) is 0 Å². The van der Waals surface area contributed by atoms with E-state index >= 15 is 0 Å². The van der Waals surface area contributed by atoms with E-state index in [-0.39, 0.29) is 6.03 Å². The summed E-state index contributed by atoms with van der Waals surface area (Å²) in [7, 11) is 0. The van der Waals surface area contributed by atoms with Gasteiger partial charge in [0.15, 0.2) is 0 Å². The lowest BCUT2D eigenvalue weighted by Crippen LogP contribution is -2.42. The predicted molar refractivity (Wildman–Crippen MR) is 72.0 cm³/mol. The van der Waals surface area contributed by atoms with E-state index in [0.717, 1.165) is 45.3 Å². The van der Waals surface area contributed by atoms with Crippen molar-refractivity contribution in [3.8, 4) is 0 Å². The molecule has 1 atom stereocenters. The van der Waals surface area contributed by atoms with Gasteiger partial charge >= 0.3 is 6.03 Å². The van der Waals surface area contributed by atoms with Gasteiger partial charge in [-0.25, -0.2) is 4.79 Å². The van der Waals surface area contributed by atoms with Gasteiger partial charge in [-0.2, -0.15) is 0 Å². The Morgan fingerprint density at radius 1 is 1.29 bits per heavy atom. The number of allylic oxidation sites excluding steroid dienone is 2. The van der Waals surface area contributed by atoms with Gasteiger partial charge in [0, 0.05) is 19.6 Å². The molecule has 1 rings (SSSR count). The maximum Gasteiger partial charge on any atom is 0.317 e. The Balaban J connectivity index is 2.27. The zero-order valence-corrected chi connectivity index (χ0v) is 11.2. The van der Waals surface area contributed by atoms with Gasteiger partial charge in [0.25, 0.3) is 0 Å². The van der Waals surface area contributed by atoms with Crippen LogP contribution in [-0.4, -0.2) is 30.6 Å². The topological polar surface area (TPSA) is 32.3 Å². The monoisotopic (exact) mass is 238 g/mol. The summed E-state index contributed by atoms with van der Waals surface area (Å²) in [6.07, 6.45) is 10.0. The molecule has 0 spiro atoms. The summed E-state index contributed by atoms with van der Waals surface area (Å²) in [6, 6.07) is 0.114. The molecule has 1 N–H and O–H groups in total. The Morgan fingerprint density at radius 3 is 2.53 bits per heavy atom. The van der Waals surface area contributed by atoms with E-state index in [0.29, 0.717) is 5.92 Å². The first-order valence-electron chi connectivity index (χ1n) is 6.95. The van der Waals surface area contributed by atoms with Crippen molar-refractivity contribution in [1.82, 2.24) is 10.2 Å². The SMILES string of the molecule is CCCN(CCC)C(=O)NCC1CC=CCC1. The van der Waals surface area contributed by atoms with E-state index in [1.54, 1.807) is 0 Å². The van der Waals surface area contributed by atoms with Crippen LogP contribution >= 0.6 is 0 Å². The number of carbonyl (C=O) groups excluding carboxylic acids is 1. The van der Waals surface area contributed by atoms with Gasteiger partial charge < -0.3 is 10.2 Å². The van der Waals surface area contributed by atoms with Crippen LogP contribution in [0.1, 0.15) is 46.0 Å². The Morgan fingerprint density at radius 2 is 2.00 bits per heavy atom. The first kappa shape index (κ1) is 14.1. The molecule has 0 aromatic carbocycles. The quantitative estimate of drug-likeness (QED) is 0.708. The third-order valence-electron chi connectivity index (χ3n) is 3.19. The summed E-state index contributed by atoms with van der Waals surface area (Å²) in [6.45, 7) is 6.78. The molecule has 0 aliphatic heterocycles. The minimum atomic E-state index is 0.114. The first-order chi connectivity index (χ1) is 8.27. The van der Waals surface area contributed by atoms with Gasteiger partial charge in [-0.3, -0.25) is 0 Å². The fraction of sp³-hybridized carbons (Fsp3) is 0.786. The van der Waals surface area contributed by atoms with Crippen LogP contribution in [0.2, 0.25) is 0 Å². The van der Waals surface area contributed by atoms with Crippen LogP contribution in [0.5, 0.6) is 0 Å². The number of urea groups is 1. The summed E-state index contributed by atoms with van der Waals surface area (Å²) in [5, 5.41) is 3.08. The minimum Gasteiger partial charge on any atom is -0.338 e. The minimum absolute atomic E-state index is 0.114. The fourth-order valence-corrected chi connectivity index (χ4v) is 2.24. The van der Waals surface area contributed by atoms with Crippen molar-refractivity contribution in [1.29, 1.82) is 0 Å². The molecule has 98 valence electrons. The summed E-state index contributed by atoms with van der Waals surface area (Å²) >= 11 is 0. The molecule has 0 radical (unpaired) electrons. The number of hydrogen-bond donors (Lipinski definition) is 1. The van der Waals surface area contributed by atoms with Gasteiger partial charge in [-0.05, 0) is 38.0 Å². The highest BCUT2D eigenvalue weighted by Crippen LogP contribution is 2.16. The Bertz CT molecular complexity index is 245. The fourth-order valence-electron chi connectivity index (χ4n) is 2.24. The third kappa shape index (κ3) is 5.24. The number of hydrogen-bond acceptors (Lipinski definition) is 1. The second-order valence-corrected chi connectivity index (χ2v) is 4.82. The maximum atomic E-state index is 12.0. The van der Waals surface area contributed by atoms with Crippen LogP contribution in [0.4, 0.5) is 4.79 Å². The van der Waals surface area contributed by atoms with E-state index in [1.807, 2.05) is 4.90 Å². The van der Waals surface area contributed by atoms with E-state index in [4.69, 9.17) is 0 Å². The van der Waals surface area contributed by atoms with E-state index in [1.165, 1.54) is 6.42 Å². The summed E-state index contributed by atoms with van der Waals surface area (Å²) in [5.41, 5.74) is 0. The highest BCUT2D eigenvalue weighted by molar-refractivity contribution is 5.74. The summed E-state index contributed by atoms with van der Waals surface area (Å²) in [4.78, 5) is 13.9. The molecule has 2 amide bonds. The number of amides is 2. The number of nitrogens with zero attached hydrogens (tertiary/aromatic N) is 1. The third-order valence-corrected chi connectivity index (χ3v) is 3.19. The van der Waals surface area contributed by atoms with Crippen molar-refractivity contribution >= 4 is 6.03 Å². The van der Waals surface area contributed by atoms with E-state index < -0.39 is 0 Å². The molecule has 0 saturated heterocycles. The lowest BCUT2D eigenvalue weighted by molar-refractivity contribution is 0.195. The van der Waals surface area contributed by atoms with E-state index in [9.17, 15) is 4.79 Å². The summed E-state index contributed by atoms with van der Waals surface area (Å²) < 4.78 is 0. The normalized spacial score (nSPS) is 19.1. The smallest absolute Gasteiger partial charge is 0.317 e. The van der Waals surface area contributed by atoms with Crippen LogP contribution in [-0.2, 0) is 0 Å². The highest BCUT2D eigenvalue weighted by Gasteiger charge is 2.14. The molecule has 1 aliphatic rings. The molecule has 0 aromatic rings. The zero-order chi connectivity index (χ0) is 12.5. The molecular weight excluding hydrogens is 212 g/mol. The maximum absolute atomic E-state index is 12.0. The van der Waals surface area contributed by atoms with Crippen molar-refractivity contribution in [3.63, 3.8) is 0 Å². The van der Waals surface area contributed by atoms with Crippen LogP contribution in [0.25, 0.3) is 0 Å². The van der Waals surface area contributed by atoms with E-state index in [2.05, 4.69) is 31.3 Å². The first-order valence-corrected chi connectivity index (χ1v) is 6.95. The van der Waals surface area contributed by atoms with Crippen molar-refractivity contribution in [2.24, 2.45) is 5.92 Å². The molecule has 3 heteroatoms. The zero-order valence-electron chi connectivity index (χ0n) is 11.2. The molecule has 17 heavy (non-hydrogen) atoms. The molecule has 0 bridgehead atoms. The van der Waals surface area contributed by atoms with Gasteiger partial charge in [0.2, 0.25) is 0 Å². The molecule has 0 aromatic heterocycles. The Kier molecular flexibility index (Phi) is 6.75. The van der Waals surface area contributed by atoms with Crippen LogP contribution in [0, 0.1) is 5.92 Å². The summed E-state index contributed by atoms with van der Waals surface area (Å²) in [5.74, 6) is 0.633. The molecule has 0 heterocycles. The van der Waals surface area contributed by atoms with Gasteiger partial charge in [0.05, 0.1) is 0 Å². The molecule has 1 aliphatic carbocycles. The number of nitrogens with one attached hydrogen (secondary N) is 1. The molecule has 1 unspecified atom stereocenters. The van der Waals surface area contributed by atoms with Crippen molar-refractivity contribution in [3.05, 3.63) is 12.2 Å². The van der Waals surface area contributed by atoms with Gasteiger partial charge in [-0.15, -0.1) is 0 Å². The highest BCUT2D eigenvalue weighted by atomic mass is 16.2. The van der Waals surface area contributed by atoms with Crippen molar-refractivity contribution in [2.75, 3.05) is 19.6 Å². The van der Waals surface area contributed by atoms with Crippen LogP contribution in [0.15, 0.2) is 12.2 Å². The number of carbonyl (C=O) groups is 1. The molecule has 0 saturated carbocycles. The average molecular weight is 238 g/mol. The standard InChI is InChI=1S/C14H26N2O/c1-3-10-16(11-4-2)14(17)15-12-13-8-6-5-7-9-13/h5-6,13H,3-4,7-12H2,1-2H3,(H,15,17). The Labute approximate surface area is 105 Å². The number of rotatable bonds is 6. The largest absolute Gasteiger partial charge is 0.338 e. The molecular formula is C14H26N2O. The lowest BCUT2D eigenvalue weighted by Gasteiger charge is -2.24. The second-order valence-electron chi connectivity index (χ2n) is 4.82. The molecule has 3 nitrogen and oxygen atoms in total.